The summed E-state index contributed by atoms with van der Waals surface area (Å²) in [6, 6.07) is 11.7. The van der Waals surface area contributed by atoms with Crippen LogP contribution in [0.2, 0.25) is 0 Å². The highest BCUT2D eigenvalue weighted by Crippen LogP contribution is 2.27. The standard InChI is InChI=1S/C13H9N5O2S/c19-18(20)10-6-4-9(5-7-10)15-13-17-16-12(21-13)11-3-1-2-8-14-11/h1-8H,(H,15,17). The highest BCUT2D eigenvalue weighted by molar-refractivity contribution is 7.18. The van der Waals surface area contributed by atoms with E-state index in [1.54, 1.807) is 18.3 Å². The molecule has 8 heteroatoms. The minimum Gasteiger partial charge on any atom is -0.330 e. The topological polar surface area (TPSA) is 93.8 Å². The summed E-state index contributed by atoms with van der Waals surface area (Å²) in [4.78, 5) is 14.4. The first-order valence-corrected chi connectivity index (χ1v) is 6.80. The minimum absolute atomic E-state index is 0.0481. The van der Waals surface area contributed by atoms with Crippen molar-refractivity contribution >= 4 is 27.8 Å². The van der Waals surface area contributed by atoms with Gasteiger partial charge in [0, 0.05) is 24.0 Å². The molecule has 104 valence electrons. The van der Waals surface area contributed by atoms with Crippen LogP contribution in [0, 0.1) is 10.1 Å². The van der Waals surface area contributed by atoms with Crippen LogP contribution in [0.4, 0.5) is 16.5 Å². The third-order valence-electron chi connectivity index (χ3n) is 2.64. The predicted molar refractivity (Wildman–Crippen MR) is 79.5 cm³/mol. The molecule has 2 aromatic heterocycles. The second kappa shape index (κ2) is 5.63. The van der Waals surface area contributed by atoms with E-state index in [4.69, 9.17) is 0 Å². The summed E-state index contributed by atoms with van der Waals surface area (Å²) < 4.78 is 0. The number of nitro benzene ring substituents is 1. The molecule has 21 heavy (non-hydrogen) atoms. The van der Waals surface area contributed by atoms with Gasteiger partial charge >= 0.3 is 0 Å². The van der Waals surface area contributed by atoms with Crippen molar-refractivity contribution < 1.29 is 4.92 Å². The molecule has 7 nitrogen and oxygen atoms in total. The molecule has 0 radical (unpaired) electrons. The zero-order chi connectivity index (χ0) is 14.7. The van der Waals surface area contributed by atoms with E-state index in [1.807, 2.05) is 18.2 Å². The number of hydrogen-bond donors (Lipinski definition) is 1. The maximum absolute atomic E-state index is 10.6. The number of nitro groups is 1. The fourth-order valence-electron chi connectivity index (χ4n) is 1.66. The summed E-state index contributed by atoms with van der Waals surface area (Å²) in [5.41, 5.74) is 1.52. The number of benzene rings is 1. The van der Waals surface area contributed by atoms with E-state index in [0.29, 0.717) is 15.8 Å². The Hall–Kier alpha value is -2.87. The quantitative estimate of drug-likeness (QED) is 0.587. The van der Waals surface area contributed by atoms with Gasteiger partial charge in [0.1, 0.15) is 5.69 Å². The molecule has 0 atom stereocenters. The Kier molecular flexibility index (Phi) is 3.52. The smallest absolute Gasteiger partial charge is 0.269 e. The van der Waals surface area contributed by atoms with Crippen molar-refractivity contribution in [3.05, 3.63) is 58.8 Å². The number of hydrogen-bond acceptors (Lipinski definition) is 7. The summed E-state index contributed by atoms with van der Waals surface area (Å²) >= 11 is 1.36. The Morgan fingerprint density at radius 1 is 1.10 bits per heavy atom. The monoisotopic (exact) mass is 299 g/mol. The van der Waals surface area contributed by atoms with Gasteiger partial charge in [0.15, 0.2) is 5.01 Å². The second-order valence-corrected chi connectivity index (χ2v) is 5.03. The van der Waals surface area contributed by atoms with Crippen LogP contribution in [0.15, 0.2) is 48.7 Å². The normalized spacial score (nSPS) is 10.3. The third-order valence-corrected chi connectivity index (χ3v) is 3.50. The van der Waals surface area contributed by atoms with Gasteiger partial charge in [-0.05, 0) is 24.3 Å². The summed E-state index contributed by atoms with van der Waals surface area (Å²) in [5, 5.41) is 23.0. The zero-order valence-corrected chi connectivity index (χ0v) is 11.4. The molecule has 0 saturated heterocycles. The SMILES string of the molecule is O=[N+]([O-])c1ccc(Nc2nnc(-c3ccccn3)s2)cc1. The number of nitrogens with one attached hydrogen (secondary N) is 1. The Morgan fingerprint density at radius 3 is 2.57 bits per heavy atom. The van der Waals surface area contributed by atoms with Crippen LogP contribution >= 0.6 is 11.3 Å². The van der Waals surface area contributed by atoms with Gasteiger partial charge in [0.2, 0.25) is 5.13 Å². The fraction of sp³-hybridized carbons (Fsp3) is 0. The molecule has 3 rings (SSSR count). The maximum atomic E-state index is 10.6. The Morgan fingerprint density at radius 2 is 1.90 bits per heavy atom. The van der Waals surface area contributed by atoms with Gasteiger partial charge < -0.3 is 5.32 Å². The van der Waals surface area contributed by atoms with Gasteiger partial charge in [-0.25, -0.2) is 0 Å². The molecule has 0 aliphatic rings. The fourth-order valence-corrected chi connectivity index (χ4v) is 2.40. The number of non-ortho nitro benzene ring substituents is 1. The average Bonchev–Trinajstić information content (AvgIpc) is 2.97. The molecule has 0 spiro atoms. The van der Waals surface area contributed by atoms with Crippen molar-refractivity contribution in [2.75, 3.05) is 5.32 Å². The highest BCUT2D eigenvalue weighted by atomic mass is 32.1. The molecular weight excluding hydrogens is 290 g/mol. The first-order chi connectivity index (χ1) is 10.2. The van der Waals surface area contributed by atoms with Crippen LogP contribution < -0.4 is 5.32 Å². The predicted octanol–water partition coefficient (Wildman–Crippen LogP) is 3.25. The van der Waals surface area contributed by atoms with Gasteiger partial charge in [0.25, 0.3) is 5.69 Å². The molecule has 0 aliphatic heterocycles. The molecule has 3 aromatic rings. The van der Waals surface area contributed by atoms with E-state index >= 15 is 0 Å². The highest BCUT2D eigenvalue weighted by Gasteiger charge is 2.08. The Balaban J connectivity index is 1.77. The van der Waals surface area contributed by atoms with Crippen molar-refractivity contribution in [3.8, 4) is 10.7 Å². The van der Waals surface area contributed by atoms with Gasteiger partial charge in [-0.3, -0.25) is 15.1 Å². The summed E-state index contributed by atoms with van der Waals surface area (Å²) in [7, 11) is 0. The minimum atomic E-state index is -0.437. The van der Waals surface area contributed by atoms with E-state index in [1.165, 1.54) is 23.5 Å². The molecule has 0 fully saturated rings. The summed E-state index contributed by atoms with van der Waals surface area (Å²) in [5.74, 6) is 0. The van der Waals surface area contributed by atoms with E-state index in [0.717, 1.165) is 5.69 Å². The van der Waals surface area contributed by atoms with E-state index in [2.05, 4.69) is 20.5 Å². The second-order valence-electron chi connectivity index (χ2n) is 4.06. The summed E-state index contributed by atoms with van der Waals surface area (Å²) in [6.07, 6.45) is 1.69. The van der Waals surface area contributed by atoms with Crippen LogP contribution in [0.1, 0.15) is 0 Å². The van der Waals surface area contributed by atoms with Gasteiger partial charge in [-0.2, -0.15) is 0 Å². The molecule has 0 bridgehead atoms. The van der Waals surface area contributed by atoms with Crippen LogP contribution in [-0.2, 0) is 0 Å². The molecule has 0 amide bonds. The Bertz CT molecular complexity index is 758. The first-order valence-electron chi connectivity index (χ1n) is 5.99. The van der Waals surface area contributed by atoms with Crippen molar-refractivity contribution in [2.45, 2.75) is 0 Å². The van der Waals surface area contributed by atoms with E-state index < -0.39 is 4.92 Å². The lowest BCUT2D eigenvalue weighted by atomic mass is 10.3. The maximum Gasteiger partial charge on any atom is 0.269 e. The van der Waals surface area contributed by atoms with Crippen molar-refractivity contribution in [1.82, 2.24) is 15.2 Å². The molecular formula is C13H9N5O2S. The lowest BCUT2D eigenvalue weighted by molar-refractivity contribution is -0.384. The molecule has 0 aliphatic carbocycles. The zero-order valence-electron chi connectivity index (χ0n) is 10.6. The van der Waals surface area contributed by atoms with Crippen molar-refractivity contribution in [3.63, 3.8) is 0 Å². The number of anilines is 2. The largest absolute Gasteiger partial charge is 0.330 e. The Labute approximate surface area is 123 Å². The van der Waals surface area contributed by atoms with Gasteiger partial charge in [0.05, 0.1) is 4.92 Å². The van der Waals surface area contributed by atoms with Gasteiger partial charge in [-0.1, -0.05) is 17.4 Å². The lowest BCUT2D eigenvalue weighted by Crippen LogP contribution is -1.91. The molecule has 0 unspecified atom stereocenters. The summed E-state index contributed by atoms with van der Waals surface area (Å²) in [6.45, 7) is 0. The molecule has 1 aromatic carbocycles. The van der Waals surface area contributed by atoms with Crippen LogP contribution in [0.25, 0.3) is 10.7 Å². The number of aromatic nitrogens is 3. The molecule has 0 saturated carbocycles. The van der Waals surface area contributed by atoms with Crippen LogP contribution in [-0.4, -0.2) is 20.1 Å². The average molecular weight is 299 g/mol. The van der Waals surface area contributed by atoms with Crippen LogP contribution in [0.3, 0.4) is 0 Å². The van der Waals surface area contributed by atoms with E-state index in [-0.39, 0.29) is 5.69 Å². The van der Waals surface area contributed by atoms with Crippen LogP contribution in [0.5, 0.6) is 0 Å². The van der Waals surface area contributed by atoms with Crippen molar-refractivity contribution in [2.24, 2.45) is 0 Å². The number of rotatable bonds is 4. The molecule has 1 N–H and O–H groups in total. The molecule has 2 heterocycles. The number of pyridine rings is 1. The van der Waals surface area contributed by atoms with Gasteiger partial charge in [-0.15, -0.1) is 10.2 Å². The third kappa shape index (κ3) is 3.00. The first kappa shape index (κ1) is 13.1. The van der Waals surface area contributed by atoms with Crippen molar-refractivity contribution in [1.29, 1.82) is 0 Å². The van der Waals surface area contributed by atoms with E-state index in [9.17, 15) is 10.1 Å². The number of nitrogens with zero attached hydrogens (tertiary/aromatic N) is 4. The lowest BCUT2D eigenvalue weighted by Gasteiger charge is -2.00.